The fourth-order valence-electron chi connectivity index (χ4n) is 1.11. The van der Waals surface area contributed by atoms with Gasteiger partial charge < -0.3 is 5.32 Å². The van der Waals surface area contributed by atoms with Crippen LogP contribution in [0.15, 0.2) is 12.3 Å². The molecule has 0 amide bonds. The SMILES string of the molecule is CC(C)NCc1ccnc(CC(F)(F)F)n1. The Labute approximate surface area is 92.1 Å². The number of nitrogens with zero attached hydrogens (tertiary/aromatic N) is 2. The molecule has 0 fully saturated rings. The van der Waals surface area contributed by atoms with Gasteiger partial charge in [-0.1, -0.05) is 13.8 Å². The number of hydrogen-bond donors (Lipinski definition) is 1. The summed E-state index contributed by atoms with van der Waals surface area (Å²) < 4.78 is 36.3. The summed E-state index contributed by atoms with van der Waals surface area (Å²) in [7, 11) is 0. The van der Waals surface area contributed by atoms with Gasteiger partial charge >= 0.3 is 6.18 Å². The van der Waals surface area contributed by atoms with Gasteiger partial charge in [-0.25, -0.2) is 9.97 Å². The van der Waals surface area contributed by atoms with Crippen molar-refractivity contribution in [3.05, 3.63) is 23.8 Å². The minimum atomic E-state index is -4.26. The number of alkyl halides is 3. The highest BCUT2D eigenvalue weighted by Crippen LogP contribution is 2.18. The Bertz CT molecular complexity index is 336. The molecule has 1 rings (SSSR count). The van der Waals surface area contributed by atoms with E-state index in [0.717, 1.165) is 0 Å². The van der Waals surface area contributed by atoms with Crippen molar-refractivity contribution >= 4 is 0 Å². The molecule has 0 saturated carbocycles. The van der Waals surface area contributed by atoms with Gasteiger partial charge in [0.25, 0.3) is 0 Å². The Morgan fingerprint density at radius 3 is 2.62 bits per heavy atom. The molecule has 0 aliphatic rings. The van der Waals surface area contributed by atoms with E-state index in [1.807, 2.05) is 13.8 Å². The van der Waals surface area contributed by atoms with Crippen molar-refractivity contribution in [3.8, 4) is 0 Å². The van der Waals surface area contributed by atoms with Crippen LogP contribution in [-0.4, -0.2) is 22.2 Å². The van der Waals surface area contributed by atoms with Gasteiger partial charge in [-0.3, -0.25) is 0 Å². The van der Waals surface area contributed by atoms with Crippen LogP contribution in [0.1, 0.15) is 25.4 Å². The van der Waals surface area contributed by atoms with E-state index < -0.39 is 12.6 Å². The molecule has 16 heavy (non-hydrogen) atoms. The van der Waals surface area contributed by atoms with Crippen LogP contribution in [0.5, 0.6) is 0 Å². The molecule has 6 heteroatoms. The summed E-state index contributed by atoms with van der Waals surface area (Å²) in [6.07, 6.45) is -3.99. The van der Waals surface area contributed by atoms with E-state index in [9.17, 15) is 13.2 Å². The van der Waals surface area contributed by atoms with E-state index in [-0.39, 0.29) is 11.9 Å². The van der Waals surface area contributed by atoms with Crippen LogP contribution in [0.4, 0.5) is 13.2 Å². The van der Waals surface area contributed by atoms with Crippen LogP contribution in [0.25, 0.3) is 0 Å². The van der Waals surface area contributed by atoms with Crippen molar-refractivity contribution in [2.75, 3.05) is 0 Å². The number of rotatable bonds is 4. The van der Waals surface area contributed by atoms with Crippen LogP contribution in [0.2, 0.25) is 0 Å². The number of nitrogens with one attached hydrogen (secondary N) is 1. The quantitative estimate of drug-likeness (QED) is 0.865. The topological polar surface area (TPSA) is 37.8 Å². The molecule has 90 valence electrons. The van der Waals surface area contributed by atoms with Crippen molar-refractivity contribution in [1.29, 1.82) is 0 Å². The van der Waals surface area contributed by atoms with Crippen molar-refractivity contribution in [2.45, 2.75) is 39.0 Å². The third-order valence-electron chi connectivity index (χ3n) is 1.81. The standard InChI is InChI=1S/C10H14F3N3/c1-7(2)15-6-8-3-4-14-9(16-8)5-10(11,12)13/h3-4,7,15H,5-6H2,1-2H3. The third-order valence-corrected chi connectivity index (χ3v) is 1.81. The molecular weight excluding hydrogens is 219 g/mol. The number of aromatic nitrogens is 2. The minimum absolute atomic E-state index is 0.185. The normalized spacial score (nSPS) is 12.1. The summed E-state index contributed by atoms with van der Waals surface area (Å²) in [5.74, 6) is -0.185. The van der Waals surface area contributed by atoms with Crippen molar-refractivity contribution in [1.82, 2.24) is 15.3 Å². The van der Waals surface area contributed by atoms with Crippen LogP contribution in [0, 0.1) is 0 Å². The van der Waals surface area contributed by atoms with E-state index in [1.165, 1.54) is 6.20 Å². The molecular formula is C10H14F3N3. The minimum Gasteiger partial charge on any atom is -0.309 e. The van der Waals surface area contributed by atoms with Gasteiger partial charge in [0.15, 0.2) is 0 Å². The zero-order valence-electron chi connectivity index (χ0n) is 9.17. The van der Waals surface area contributed by atoms with Crippen molar-refractivity contribution in [3.63, 3.8) is 0 Å². The van der Waals surface area contributed by atoms with E-state index >= 15 is 0 Å². The molecule has 1 heterocycles. The van der Waals surface area contributed by atoms with E-state index in [0.29, 0.717) is 12.2 Å². The third kappa shape index (κ3) is 5.06. The molecule has 0 aromatic carbocycles. The highest BCUT2D eigenvalue weighted by Gasteiger charge is 2.29. The largest absolute Gasteiger partial charge is 0.396 e. The summed E-state index contributed by atoms with van der Waals surface area (Å²) in [6.45, 7) is 4.36. The highest BCUT2D eigenvalue weighted by molar-refractivity contribution is 5.03. The first kappa shape index (κ1) is 12.9. The Kier molecular flexibility index (Phi) is 4.23. The van der Waals surface area contributed by atoms with E-state index in [1.54, 1.807) is 6.07 Å². The monoisotopic (exact) mass is 233 g/mol. The molecule has 3 nitrogen and oxygen atoms in total. The lowest BCUT2D eigenvalue weighted by molar-refractivity contribution is -0.128. The van der Waals surface area contributed by atoms with Crippen LogP contribution >= 0.6 is 0 Å². The smallest absolute Gasteiger partial charge is 0.309 e. The lowest BCUT2D eigenvalue weighted by Gasteiger charge is -2.09. The maximum Gasteiger partial charge on any atom is 0.396 e. The fourth-order valence-corrected chi connectivity index (χ4v) is 1.11. The van der Waals surface area contributed by atoms with Crippen LogP contribution < -0.4 is 5.32 Å². The molecule has 0 aliphatic heterocycles. The first-order valence-corrected chi connectivity index (χ1v) is 4.98. The fraction of sp³-hybridized carbons (Fsp3) is 0.600. The van der Waals surface area contributed by atoms with Crippen molar-refractivity contribution < 1.29 is 13.2 Å². The van der Waals surface area contributed by atoms with Crippen molar-refractivity contribution in [2.24, 2.45) is 0 Å². The molecule has 1 aromatic rings. The first-order valence-electron chi connectivity index (χ1n) is 4.98. The predicted molar refractivity (Wildman–Crippen MR) is 53.8 cm³/mol. The molecule has 0 bridgehead atoms. The molecule has 1 aromatic heterocycles. The van der Waals surface area contributed by atoms with Gasteiger partial charge in [0, 0.05) is 18.8 Å². The average molecular weight is 233 g/mol. The number of halogens is 3. The van der Waals surface area contributed by atoms with Gasteiger partial charge in [-0.2, -0.15) is 13.2 Å². The van der Waals surface area contributed by atoms with Gasteiger partial charge in [0.2, 0.25) is 0 Å². The lowest BCUT2D eigenvalue weighted by Crippen LogP contribution is -2.23. The zero-order chi connectivity index (χ0) is 12.2. The summed E-state index contributed by atoms with van der Waals surface area (Å²) in [5, 5.41) is 3.08. The van der Waals surface area contributed by atoms with E-state index in [4.69, 9.17) is 0 Å². The van der Waals surface area contributed by atoms with Gasteiger partial charge in [-0.05, 0) is 6.07 Å². The second-order valence-corrected chi connectivity index (χ2v) is 3.79. The molecule has 0 aliphatic carbocycles. The maximum atomic E-state index is 12.1. The Morgan fingerprint density at radius 2 is 2.06 bits per heavy atom. The van der Waals surface area contributed by atoms with Gasteiger partial charge in [-0.15, -0.1) is 0 Å². The first-order chi connectivity index (χ1) is 7.37. The molecule has 0 radical (unpaired) electrons. The summed E-state index contributed by atoms with van der Waals surface area (Å²) in [4.78, 5) is 7.43. The van der Waals surface area contributed by atoms with Gasteiger partial charge in [0.1, 0.15) is 12.2 Å². The summed E-state index contributed by atoms with van der Waals surface area (Å²) in [5.41, 5.74) is 0.572. The molecule has 0 atom stereocenters. The average Bonchev–Trinajstić information content (AvgIpc) is 2.12. The summed E-state index contributed by atoms with van der Waals surface area (Å²) in [6, 6.07) is 1.87. The molecule has 0 saturated heterocycles. The summed E-state index contributed by atoms with van der Waals surface area (Å²) >= 11 is 0. The Morgan fingerprint density at radius 1 is 1.38 bits per heavy atom. The zero-order valence-corrected chi connectivity index (χ0v) is 9.17. The predicted octanol–water partition coefficient (Wildman–Crippen LogP) is 2.08. The van der Waals surface area contributed by atoms with Gasteiger partial charge in [0.05, 0.1) is 5.69 Å². The molecule has 0 unspecified atom stereocenters. The van der Waals surface area contributed by atoms with E-state index in [2.05, 4.69) is 15.3 Å². The highest BCUT2D eigenvalue weighted by atomic mass is 19.4. The van der Waals surface area contributed by atoms with Crippen LogP contribution in [-0.2, 0) is 13.0 Å². The Balaban J connectivity index is 2.64. The molecule has 0 spiro atoms. The lowest BCUT2D eigenvalue weighted by atomic mass is 10.3. The maximum absolute atomic E-state index is 12.1. The second kappa shape index (κ2) is 5.25. The molecule has 1 N–H and O–H groups in total. The Hall–Kier alpha value is -1.17. The second-order valence-electron chi connectivity index (χ2n) is 3.79. The number of hydrogen-bond acceptors (Lipinski definition) is 3. The van der Waals surface area contributed by atoms with Crippen LogP contribution in [0.3, 0.4) is 0 Å².